The highest BCUT2D eigenvalue weighted by atomic mass is 16.3. The summed E-state index contributed by atoms with van der Waals surface area (Å²) in [6.45, 7) is 1.72. The Balaban J connectivity index is 3.37. The molecule has 1 atom stereocenters. The molecule has 0 aliphatic heterocycles. The molecule has 3 N–H and O–H groups in total. The van der Waals surface area contributed by atoms with Crippen LogP contribution in [0.2, 0.25) is 0 Å². The number of rotatable bonds is 1. The number of aryl methyl sites for hydroxylation is 1. The summed E-state index contributed by atoms with van der Waals surface area (Å²) in [4.78, 5) is 11.2. The molecule has 1 heterocycles. The number of aromatic hydroxyl groups is 1. The summed E-state index contributed by atoms with van der Waals surface area (Å²) in [6, 6.07) is 1.32. The zero-order chi connectivity index (χ0) is 9.30. The van der Waals surface area contributed by atoms with Crippen molar-refractivity contribution in [1.82, 2.24) is 4.57 Å². The Morgan fingerprint density at radius 3 is 2.75 bits per heavy atom. The van der Waals surface area contributed by atoms with Crippen LogP contribution in [0.25, 0.3) is 0 Å². The van der Waals surface area contributed by atoms with Gasteiger partial charge < -0.3 is 15.4 Å². The van der Waals surface area contributed by atoms with Gasteiger partial charge >= 0.3 is 0 Å². The largest absolute Gasteiger partial charge is 0.503 e. The number of nitrogens with zero attached hydrogens (tertiary/aromatic N) is 1. The molecular weight excluding hydrogens is 156 g/mol. The molecule has 0 aliphatic rings. The van der Waals surface area contributed by atoms with E-state index < -0.39 is 5.56 Å². The molecule has 0 radical (unpaired) electrons. The predicted octanol–water partition coefficient (Wildman–Crippen LogP) is 0.111. The molecule has 4 nitrogen and oxygen atoms in total. The van der Waals surface area contributed by atoms with Gasteiger partial charge in [-0.25, -0.2) is 0 Å². The minimum Gasteiger partial charge on any atom is -0.503 e. The van der Waals surface area contributed by atoms with Crippen LogP contribution >= 0.6 is 0 Å². The second kappa shape index (κ2) is 2.98. The van der Waals surface area contributed by atoms with E-state index in [-0.39, 0.29) is 11.8 Å². The SMILES string of the molecule is CC(N)c1ccn(C)c(=O)c1O. The summed E-state index contributed by atoms with van der Waals surface area (Å²) in [5, 5.41) is 9.34. The molecule has 0 aliphatic carbocycles. The van der Waals surface area contributed by atoms with Crippen molar-refractivity contribution in [2.75, 3.05) is 0 Å². The number of aromatic nitrogens is 1. The lowest BCUT2D eigenvalue weighted by Crippen LogP contribution is -2.18. The molecule has 0 aromatic carbocycles. The van der Waals surface area contributed by atoms with E-state index in [9.17, 15) is 9.90 Å². The zero-order valence-electron chi connectivity index (χ0n) is 7.11. The Morgan fingerprint density at radius 2 is 2.25 bits per heavy atom. The van der Waals surface area contributed by atoms with Crippen LogP contribution in [-0.2, 0) is 7.05 Å². The summed E-state index contributed by atoms with van der Waals surface area (Å²) in [5.74, 6) is -0.255. The fourth-order valence-electron chi connectivity index (χ4n) is 0.997. The lowest BCUT2D eigenvalue weighted by atomic mass is 10.1. The van der Waals surface area contributed by atoms with Crippen LogP contribution in [0.5, 0.6) is 5.75 Å². The molecule has 0 amide bonds. The Kier molecular flexibility index (Phi) is 2.19. The molecule has 1 unspecified atom stereocenters. The van der Waals surface area contributed by atoms with E-state index in [0.29, 0.717) is 5.56 Å². The van der Waals surface area contributed by atoms with Gasteiger partial charge in [0.2, 0.25) is 0 Å². The van der Waals surface area contributed by atoms with Crippen LogP contribution in [0.3, 0.4) is 0 Å². The van der Waals surface area contributed by atoms with Crippen LogP contribution in [-0.4, -0.2) is 9.67 Å². The minimum absolute atomic E-state index is 0.255. The van der Waals surface area contributed by atoms with Gasteiger partial charge in [-0.05, 0) is 13.0 Å². The van der Waals surface area contributed by atoms with Crippen LogP contribution < -0.4 is 11.3 Å². The molecule has 0 saturated heterocycles. The van der Waals surface area contributed by atoms with Crippen molar-refractivity contribution in [3.05, 3.63) is 28.2 Å². The normalized spacial score (nSPS) is 12.9. The molecule has 0 spiro atoms. The van der Waals surface area contributed by atoms with E-state index in [1.165, 1.54) is 4.57 Å². The monoisotopic (exact) mass is 168 g/mol. The van der Waals surface area contributed by atoms with Gasteiger partial charge in [0.05, 0.1) is 0 Å². The van der Waals surface area contributed by atoms with Crippen molar-refractivity contribution < 1.29 is 5.11 Å². The van der Waals surface area contributed by atoms with Crippen molar-refractivity contribution in [3.63, 3.8) is 0 Å². The smallest absolute Gasteiger partial charge is 0.292 e. The third-order valence-corrected chi connectivity index (χ3v) is 1.76. The first kappa shape index (κ1) is 8.80. The van der Waals surface area contributed by atoms with Crippen molar-refractivity contribution in [2.45, 2.75) is 13.0 Å². The summed E-state index contributed by atoms with van der Waals surface area (Å²) < 4.78 is 1.31. The highest BCUT2D eigenvalue weighted by Gasteiger charge is 2.09. The maximum atomic E-state index is 11.2. The summed E-state index contributed by atoms with van der Waals surface area (Å²) in [5.41, 5.74) is 5.60. The molecule has 12 heavy (non-hydrogen) atoms. The van der Waals surface area contributed by atoms with E-state index >= 15 is 0 Å². The zero-order valence-corrected chi connectivity index (χ0v) is 7.11. The van der Waals surface area contributed by atoms with Gasteiger partial charge in [-0.15, -0.1) is 0 Å². The number of hydrogen-bond donors (Lipinski definition) is 2. The molecule has 1 aromatic rings. The Hall–Kier alpha value is -1.29. The predicted molar refractivity (Wildman–Crippen MR) is 46.0 cm³/mol. The van der Waals surface area contributed by atoms with E-state index in [4.69, 9.17) is 5.73 Å². The summed E-state index contributed by atoms with van der Waals surface area (Å²) in [6.07, 6.45) is 1.58. The van der Waals surface area contributed by atoms with Crippen LogP contribution in [0.15, 0.2) is 17.1 Å². The van der Waals surface area contributed by atoms with Crippen molar-refractivity contribution in [2.24, 2.45) is 12.8 Å². The average Bonchev–Trinajstić information content (AvgIpc) is 2.00. The van der Waals surface area contributed by atoms with Crippen molar-refractivity contribution in [1.29, 1.82) is 0 Å². The first-order valence-electron chi connectivity index (χ1n) is 3.68. The molecule has 0 fully saturated rings. The number of hydrogen-bond acceptors (Lipinski definition) is 3. The fourth-order valence-corrected chi connectivity index (χ4v) is 0.997. The maximum Gasteiger partial charge on any atom is 0.292 e. The highest BCUT2D eigenvalue weighted by Crippen LogP contribution is 2.16. The second-order valence-electron chi connectivity index (χ2n) is 2.82. The topological polar surface area (TPSA) is 68.2 Å². The molecule has 0 bridgehead atoms. The molecule has 1 rings (SSSR count). The number of nitrogens with two attached hydrogens (primary N) is 1. The van der Waals surface area contributed by atoms with E-state index in [1.54, 1.807) is 26.2 Å². The van der Waals surface area contributed by atoms with Gasteiger partial charge in [0.15, 0.2) is 5.75 Å². The molecule has 66 valence electrons. The van der Waals surface area contributed by atoms with Crippen LogP contribution in [0, 0.1) is 0 Å². The minimum atomic E-state index is -0.412. The average molecular weight is 168 g/mol. The summed E-state index contributed by atoms with van der Waals surface area (Å²) >= 11 is 0. The van der Waals surface area contributed by atoms with Crippen LogP contribution in [0.4, 0.5) is 0 Å². The molecule has 1 aromatic heterocycles. The van der Waals surface area contributed by atoms with Gasteiger partial charge in [0.25, 0.3) is 5.56 Å². The quantitative estimate of drug-likeness (QED) is 0.625. The first-order chi connectivity index (χ1) is 5.54. The molecule has 4 heteroatoms. The second-order valence-corrected chi connectivity index (χ2v) is 2.82. The standard InChI is InChI=1S/C8H12N2O2/c1-5(9)6-3-4-10(2)8(12)7(6)11/h3-5,11H,9H2,1-2H3. The van der Waals surface area contributed by atoms with E-state index in [0.717, 1.165) is 0 Å². The maximum absolute atomic E-state index is 11.2. The third kappa shape index (κ3) is 1.33. The Labute approximate surface area is 70.3 Å². The van der Waals surface area contributed by atoms with E-state index in [1.807, 2.05) is 0 Å². The Bertz CT molecular complexity index is 341. The van der Waals surface area contributed by atoms with E-state index in [2.05, 4.69) is 0 Å². The lowest BCUT2D eigenvalue weighted by molar-refractivity contribution is 0.449. The Morgan fingerprint density at radius 1 is 1.67 bits per heavy atom. The van der Waals surface area contributed by atoms with Gasteiger partial charge in [0.1, 0.15) is 0 Å². The summed E-state index contributed by atoms with van der Waals surface area (Å²) in [7, 11) is 1.58. The van der Waals surface area contributed by atoms with Gasteiger partial charge in [-0.2, -0.15) is 0 Å². The van der Waals surface area contributed by atoms with Gasteiger partial charge in [-0.3, -0.25) is 4.79 Å². The fraction of sp³-hybridized carbons (Fsp3) is 0.375. The van der Waals surface area contributed by atoms with Crippen molar-refractivity contribution >= 4 is 0 Å². The van der Waals surface area contributed by atoms with Gasteiger partial charge in [0, 0.05) is 24.8 Å². The van der Waals surface area contributed by atoms with Crippen molar-refractivity contribution in [3.8, 4) is 5.75 Å². The van der Waals surface area contributed by atoms with Crippen LogP contribution in [0.1, 0.15) is 18.5 Å². The highest BCUT2D eigenvalue weighted by molar-refractivity contribution is 5.31. The third-order valence-electron chi connectivity index (χ3n) is 1.76. The molecular formula is C8H12N2O2. The molecule has 0 saturated carbocycles. The van der Waals surface area contributed by atoms with Gasteiger partial charge in [-0.1, -0.05) is 0 Å². The first-order valence-corrected chi connectivity index (χ1v) is 3.68. The number of pyridine rings is 1. The lowest BCUT2D eigenvalue weighted by Gasteiger charge is -2.08.